The first-order chi connectivity index (χ1) is 14.3. The molecule has 0 aromatic heterocycles. The largest absolute Gasteiger partial charge is 0.493 e. The summed E-state index contributed by atoms with van der Waals surface area (Å²) >= 11 is 0. The zero-order valence-electron chi connectivity index (χ0n) is 17.5. The molecule has 0 saturated carbocycles. The Hall–Kier alpha value is -1.53. The van der Waals surface area contributed by atoms with Crippen molar-refractivity contribution in [2.75, 3.05) is 19.4 Å². The Bertz CT molecular complexity index is 819. The summed E-state index contributed by atoms with van der Waals surface area (Å²) < 4.78 is 13.1. The molecular formula is C26H33O2P. The van der Waals surface area contributed by atoms with E-state index in [0.29, 0.717) is 5.92 Å². The zero-order valence-corrected chi connectivity index (χ0v) is 18.6. The molecule has 0 bridgehead atoms. The van der Waals surface area contributed by atoms with Crippen LogP contribution in [-0.4, -0.2) is 19.4 Å². The monoisotopic (exact) mass is 408 g/mol. The second kappa shape index (κ2) is 8.68. The Morgan fingerprint density at radius 3 is 1.76 bits per heavy atom. The van der Waals surface area contributed by atoms with Crippen LogP contribution < -0.4 is 9.47 Å². The van der Waals surface area contributed by atoms with E-state index in [1.807, 2.05) is 0 Å². The van der Waals surface area contributed by atoms with Crippen LogP contribution in [0, 0.1) is 5.92 Å². The molecule has 1 unspecified atom stereocenters. The SMILES string of the molecule is PCCCC1COc2ccc3c(c2-c2c(ccc4c2CCCC4)OC1)CCCC3. The molecule has 29 heavy (non-hydrogen) atoms. The molecule has 0 spiro atoms. The molecule has 2 nitrogen and oxygen atoms in total. The summed E-state index contributed by atoms with van der Waals surface area (Å²) in [5, 5.41) is 0. The van der Waals surface area contributed by atoms with Crippen molar-refractivity contribution < 1.29 is 9.47 Å². The molecule has 1 heterocycles. The van der Waals surface area contributed by atoms with Crippen molar-refractivity contribution in [1.82, 2.24) is 0 Å². The van der Waals surface area contributed by atoms with Crippen LogP contribution in [0.4, 0.5) is 0 Å². The van der Waals surface area contributed by atoms with E-state index in [-0.39, 0.29) is 0 Å². The van der Waals surface area contributed by atoms with Gasteiger partial charge in [0.15, 0.2) is 0 Å². The van der Waals surface area contributed by atoms with Crippen LogP contribution >= 0.6 is 9.24 Å². The van der Waals surface area contributed by atoms with Crippen molar-refractivity contribution in [3.8, 4) is 22.6 Å². The van der Waals surface area contributed by atoms with Crippen molar-refractivity contribution in [3.05, 3.63) is 46.5 Å². The van der Waals surface area contributed by atoms with Crippen molar-refractivity contribution in [3.63, 3.8) is 0 Å². The quantitative estimate of drug-likeness (QED) is 0.567. The molecule has 2 aromatic carbocycles. The maximum atomic E-state index is 6.55. The molecule has 3 heteroatoms. The zero-order chi connectivity index (χ0) is 19.6. The highest BCUT2D eigenvalue weighted by Crippen LogP contribution is 2.47. The highest BCUT2D eigenvalue weighted by atomic mass is 31.0. The van der Waals surface area contributed by atoms with Crippen LogP contribution in [0.15, 0.2) is 24.3 Å². The second-order valence-electron chi connectivity index (χ2n) is 8.99. The number of benzene rings is 2. The molecule has 0 fully saturated rings. The molecule has 154 valence electrons. The summed E-state index contributed by atoms with van der Waals surface area (Å²) in [5.41, 5.74) is 8.83. The number of ether oxygens (including phenoxy) is 2. The minimum absolute atomic E-state index is 0.446. The maximum absolute atomic E-state index is 6.55. The summed E-state index contributed by atoms with van der Waals surface area (Å²) in [6.45, 7) is 1.51. The highest BCUT2D eigenvalue weighted by molar-refractivity contribution is 7.16. The Kier molecular flexibility index (Phi) is 5.82. The van der Waals surface area contributed by atoms with Gasteiger partial charge in [0.25, 0.3) is 0 Å². The fraction of sp³-hybridized carbons (Fsp3) is 0.538. The first-order valence-electron chi connectivity index (χ1n) is 11.6. The van der Waals surface area contributed by atoms with E-state index in [0.717, 1.165) is 37.3 Å². The fourth-order valence-corrected chi connectivity index (χ4v) is 5.67. The van der Waals surface area contributed by atoms with E-state index < -0.39 is 0 Å². The van der Waals surface area contributed by atoms with Gasteiger partial charge in [-0.2, -0.15) is 0 Å². The molecular weight excluding hydrogens is 375 g/mol. The van der Waals surface area contributed by atoms with Crippen molar-refractivity contribution >= 4 is 9.24 Å². The summed E-state index contributed by atoms with van der Waals surface area (Å²) in [6, 6.07) is 9.17. The normalized spacial score (nSPS) is 18.7. The summed E-state index contributed by atoms with van der Waals surface area (Å²) in [5.74, 6) is 2.63. The predicted octanol–water partition coefficient (Wildman–Crippen LogP) is 6.15. The van der Waals surface area contributed by atoms with Crippen molar-refractivity contribution in [2.45, 2.75) is 64.2 Å². The standard InChI is InChI=1S/C26H33O2P/c29-15-5-6-18-16-27-23-13-11-19-7-1-3-9-21(19)25(23)26-22-10-4-2-8-20(22)12-14-24(26)28-17-18/h11-14,18H,1-10,15-17,29H2. The fourth-order valence-electron chi connectivity index (χ4n) is 5.44. The predicted molar refractivity (Wildman–Crippen MR) is 123 cm³/mol. The molecule has 1 atom stereocenters. The minimum Gasteiger partial charge on any atom is -0.493 e. The van der Waals surface area contributed by atoms with Gasteiger partial charge in [-0.1, -0.05) is 12.1 Å². The molecule has 0 N–H and O–H groups in total. The Labute approximate surface area is 177 Å². The lowest BCUT2D eigenvalue weighted by Crippen LogP contribution is -2.19. The maximum Gasteiger partial charge on any atom is 0.127 e. The average molecular weight is 409 g/mol. The molecule has 0 saturated heterocycles. The second-order valence-corrected chi connectivity index (χ2v) is 9.56. The lowest BCUT2D eigenvalue weighted by molar-refractivity contribution is 0.172. The number of rotatable bonds is 3. The van der Waals surface area contributed by atoms with Gasteiger partial charge in [-0.15, -0.1) is 9.24 Å². The Balaban J connectivity index is 1.68. The average Bonchev–Trinajstić information content (AvgIpc) is 2.85. The third-order valence-electron chi connectivity index (χ3n) is 7.00. The van der Waals surface area contributed by atoms with Gasteiger partial charge in [0.05, 0.1) is 13.2 Å². The van der Waals surface area contributed by atoms with E-state index in [9.17, 15) is 0 Å². The van der Waals surface area contributed by atoms with Gasteiger partial charge in [0.1, 0.15) is 11.5 Å². The van der Waals surface area contributed by atoms with Gasteiger partial charge < -0.3 is 9.47 Å². The molecule has 0 amide bonds. The van der Waals surface area contributed by atoms with Crippen LogP contribution in [0.3, 0.4) is 0 Å². The van der Waals surface area contributed by atoms with Gasteiger partial charge in [-0.25, -0.2) is 0 Å². The van der Waals surface area contributed by atoms with Crippen LogP contribution in [0.5, 0.6) is 11.5 Å². The summed E-state index contributed by atoms with van der Waals surface area (Å²) in [6.07, 6.45) is 13.4. The minimum atomic E-state index is 0.446. The van der Waals surface area contributed by atoms with Crippen LogP contribution in [0.25, 0.3) is 11.1 Å². The van der Waals surface area contributed by atoms with E-state index in [2.05, 4.69) is 33.5 Å². The van der Waals surface area contributed by atoms with E-state index in [1.165, 1.54) is 91.2 Å². The van der Waals surface area contributed by atoms with Gasteiger partial charge >= 0.3 is 0 Å². The summed E-state index contributed by atoms with van der Waals surface area (Å²) in [4.78, 5) is 0. The van der Waals surface area contributed by atoms with E-state index in [1.54, 1.807) is 0 Å². The number of aryl methyl sites for hydroxylation is 2. The lowest BCUT2D eigenvalue weighted by atomic mass is 9.80. The number of fused-ring (bicyclic) bond motifs is 7. The lowest BCUT2D eigenvalue weighted by Gasteiger charge is -2.27. The van der Waals surface area contributed by atoms with Crippen molar-refractivity contribution in [2.24, 2.45) is 5.92 Å². The van der Waals surface area contributed by atoms with Gasteiger partial charge in [-0.05, 0) is 105 Å². The van der Waals surface area contributed by atoms with Gasteiger partial charge in [0, 0.05) is 17.0 Å². The van der Waals surface area contributed by atoms with E-state index in [4.69, 9.17) is 9.47 Å². The van der Waals surface area contributed by atoms with Crippen LogP contribution in [-0.2, 0) is 25.7 Å². The molecule has 2 aliphatic carbocycles. The third-order valence-corrected chi connectivity index (χ3v) is 7.41. The topological polar surface area (TPSA) is 18.5 Å². The van der Waals surface area contributed by atoms with Gasteiger partial charge in [0.2, 0.25) is 0 Å². The molecule has 2 aromatic rings. The van der Waals surface area contributed by atoms with Crippen LogP contribution in [0.2, 0.25) is 0 Å². The molecule has 1 aliphatic heterocycles. The molecule has 0 radical (unpaired) electrons. The third kappa shape index (κ3) is 3.81. The van der Waals surface area contributed by atoms with Crippen LogP contribution in [0.1, 0.15) is 60.8 Å². The summed E-state index contributed by atoms with van der Waals surface area (Å²) in [7, 11) is 2.85. The first kappa shape index (κ1) is 19.4. The smallest absolute Gasteiger partial charge is 0.127 e. The molecule has 3 aliphatic rings. The highest BCUT2D eigenvalue weighted by Gasteiger charge is 2.28. The van der Waals surface area contributed by atoms with Crippen molar-refractivity contribution in [1.29, 1.82) is 0 Å². The van der Waals surface area contributed by atoms with Gasteiger partial charge in [-0.3, -0.25) is 0 Å². The van der Waals surface area contributed by atoms with E-state index >= 15 is 0 Å². The number of hydrogen-bond donors (Lipinski definition) is 0. The Morgan fingerprint density at radius 2 is 1.24 bits per heavy atom. The first-order valence-corrected chi connectivity index (χ1v) is 12.4. The molecule has 5 rings (SSSR count). The number of hydrogen-bond acceptors (Lipinski definition) is 2. The Morgan fingerprint density at radius 1 is 0.724 bits per heavy atom.